The second kappa shape index (κ2) is 8.59. The number of hydrogen-bond acceptors (Lipinski definition) is 4. The van der Waals surface area contributed by atoms with E-state index in [1.54, 1.807) is 6.08 Å². The van der Waals surface area contributed by atoms with E-state index in [-0.39, 0.29) is 5.91 Å². The number of amides is 1. The number of nitrogens with zero attached hydrogens (tertiary/aromatic N) is 1. The number of nitrogens with one attached hydrogen (secondary N) is 1. The van der Waals surface area contributed by atoms with Gasteiger partial charge in [-0.1, -0.05) is 34.7 Å². The Morgan fingerprint density at radius 2 is 1.96 bits per heavy atom. The highest BCUT2D eigenvalue weighted by molar-refractivity contribution is 9.10. The van der Waals surface area contributed by atoms with Crippen molar-refractivity contribution in [1.82, 2.24) is 5.32 Å². The number of aryl methyl sites for hydroxylation is 2. The summed E-state index contributed by atoms with van der Waals surface area (Å²) in [5.41, 5.74) is 3.92. The number of rotatable bonds is 5. The Bertz CT molecular complexity index is 946. The van der Waals surface area contributed by atoms with Crippen molar-refractivity contribution in [3.8, 4) is 5.75 Å². The van der Waals surface area contributed by atoms with E-state index in [4.69, 9.17) is 4.74 Å². The highest BCUT2D eigenvalue weighted by Crippen LogP contribution is 2.32. The number of halogens is 1. The fourth-order valence-electron chi connectivity index (χ4n) is 2.67. The van der Waals surface area contributed by atoms with Crippen molar-refractivity contribution in [3.05, 3.63) is 75.1 Å². The molecule has 4 nitrogen and oxygen atoms in total. The second-order valence-corrected chi connectivity index (χ2v) is 8.06. The third-order valence-corrected chi connectivity index (χ3v) is 5.11. The molecule has 0 unspecified atom stereocenters. The van der Waals surface area contributed by atoms with Crippen LogP contribution in [0.4, 0.5) is 5.69 Å². The third kappa shape index (κ3) is 5.11. The second-order valence-electron chi connectivity index (χ2n) is 6.11. The maximum absolute atomic E-state index is 12.4. The molecule has 0 atom stereocenters. The van der Waals surface area contributed by atoms with Crippen molar-refractivity contribution in [3.63, 3.8) is 0 Å². The number of benzene rings is 2. The minimum absolute atomic E-state index is 0.169. The average Bonchev–Trinajstić information content (AvgIpc) is 2.92. The van der Waals surface area contributed by atoms with Crippen LogP contribution in [0, 0.1) is 13.8 Å². The maximum atomic E-state index is 12.4. The van der Waals surface area contributed by atoms with Gasteiger partial charge in [0.15, 0.2) is 5.17 Å². The third-order valence-electron chi connectivity index (χ3n) is 3.70. The van der Waals surface area contributed by atoms with E-state index in [0.29, 0.717) is 22.4 Å². The molecule has 2 aromatic carbocycles. The fraction of sp³-hybridized carbons (Fsp3) is 0.143. The molecule has 138 valence electrons. The lowest BCUT2D eigenvalue weighted by Crippen LogP contribution is -2.19. The van der Waals surface area contributed by atoms with Crippen molar-refractivity contribution in [1.29, 1.82) is 0 Å². The van der Waals surface area contributed by atoms with Gasteiger partial charge in [0, 0.05) is 10.0 Å². The summed E-state index contributed by atoms with van der Waals surface area (Å²) in [4.78, 5) is 17.5. The number of aliphatic imine (C=N–C) groups is 1. The van der Waals surface area contributed by atoms with Crippen LogP contribution >= 0.6 is 27.7 Å². The van der Waals surface area contributed by atoms with Gasteiger partial charge in [0.05, 0.1) is 10.6 Å². The Labute approximate surface area is 171 Å². The molecule has 0 saturated carbocycles. The van der Waals surface area contributed by atoms with Crippen molar-refractivity contribution in [2.75, 3.05) is 6.61 Å². The van der Waals surface area contributed by atoms with Gasteiger partial charge in [-0.2, -0.15) is 0 Å². The van der Waals surface area contributed by atoms with E-state index in [9.17, 15) is 4.79 Å². The van der Waals surface area contributed by atoms with E-state index in [2.05, 4.69) is 38.9 Å². The Hall–Kier alpha value is -2.31. The molecule has 0 aliphatic carbocycles. The van der Waals surface area contributed by atoms with Gasteiger partial charge in [0.25, 0.3) is 5.91 Å². The van der Waals surface area contributed by atoms with Crippen LogP contribution in [0.25, 0.3) is 6.08 Å². The lowest BCUT2D eigenvalue weighted by Gasteiger charge is -2.08. The molecule has 0 aromatic heterocycles. The minimum atomic E-state index is -0.169. The molecule has 0 bridgehead atoms. The maximum Gasteiger partial charge on any atom is 0.264 e. The van der Waals surface area contributed by atoms with Gasteiger partial charge in [-0.3, -0.25) is 4.79 Å². The van der Waals surface area contributed by atoms with Crippen LogP contribution in [0.15, 0.2) is 63.4 Å². The predicted octanol–water partition coefficient (Wildman–Crippen LogP) is 5.52. The molecule has 0 spiro atoms. The number of hydrogen-bond donors (Lipinski definition) is 1. The molecule has 6 heteroatoms. The number of ether oxygens (including phenoxy) is 1. The molecule has 1 heterocycles. The smallest absolute Gasteiger partial charge is 0.264 e. The summed E-state index contributed by atoms with van der Waals surface area (Å²) in [5, 5.41) is 3.40. The summed E-state index contributed by atoms with van der Waals surface area (Å²) in [7, 11) is 0. The summed E-state index contributed by atoms with van der Waals surface area (Å²) in [5.74, 6) is 0.525. The van der Waals surface area contributed by atoms with Gasteiger partial charge in [0.1, 0.15) is 12.4 Å². The van der Waals surface area contributed by atoms with Crippen molar-refractivity contribution < 1.29 is 9.53 Å². The first-order chi connectivity index (χ1) is 12.9. The van der Waals surface area contributed by atoms with E-state index in [1.807, 2.05) is 50.3 Å². The van der Waals surface area contributed by atoms with Crippen LogP contribution in [0.3, 0.4) is 0 Å². The largest absolute Gasteiger partial charge is 0.489 e. The molecule has 1 aliphatic heterocycles. The summed E-state index contributed by atoms with van der Waals surface area (Å²) >= 11 is 4.78. The van der Waals surface area contributed by atoms with Crippen molar-refractivity contribution >= 4 is 50.5 Å². The molecular formula is C21H19BrN2O2S. The lowest BCUT2D eigenvalue weighted by molar-refractivity contribution is -0.115. The molecule has 1 amide bonds. The number of carbonyl (C=O) groups is 1. The summed E-state index contributed by atoms with van der Waals surface area (Å²) < 4.78 is 6.59. The van der Waals surface area contributed by atoms with Crippen molar-refractivity contribution in [2.45, 2.75) is 13.8 Å². The summed E-state index contributed by atoms with van der Waals surface area (Å²) in [6, 6.07) is 11.7. The van der Waals surface area contributed by atoms with Gasteiger partial charge in [-0.25, -0.2) is 4.99 Å². The zero-order chi connectivity index (χ0) is 19.4. The lowest BCUT2D eigenvalue weighted by atomic mass is 10.1. The predicted molar refractivity (Wildman–Crippen MR) is 117 cm³/mol. The molecule has 0 radical (unpaired) electrons. The van der Waals surface area contributed by atoms with E-state index >= 15 is 0 Å². The van der Waals surface area contributed by atoms with Crippen LogP contribution in [0.2, 0.25) is 0 Å². The van der Waals surface area contributed by atoms with E-state index < -0.39 is 0 Å². The zero-order valence-corrected chi connectivity index (χ0v) is 17.5. The standard InChI is InChI=1S/C21H19BrN2O2S/c1-4-7-26-18-6-5-16(22)11-15(18)12-19-20(25)24-21(27-19)23-17-9-13(2)8-14(3)10-17/h4-6,8-12H,1,7H2,2-3H3,(H,23,24,25)/b19-12-. The molecule has 27 heavy (non-hydrogen) atoms. The Balaban J connectivity index is 1.88. The monoisotopic (exact) mass is 442 g/mol. The fourth-order valence-corrected chi connectivity index (χ4v) is 3.88. The van der Waals surface area contributed by atoms with Gasteiger partial charge in [0.2, 0.25) is 0 Å². The number of amidine groups is 1. The minimum Gasteiger partial charge on any atom is -0.489 e. The zero-order valence-electron chi connectivity index (χ0n) is 15.1. The van der Waals surface area contributed by atoms with E-state index in [1.165, 1.54) is 11.8 Å². The Morgan fingerprint density at radius 1 is 1.22 bits per heavy atom. The summed E-state index contributed by atoms with van der Waals surface area (Å²) in [6.07, 6.45) is 3.50. The van der Waals surface area contributed by atoms with E-state index in [0.717, 1.165) is 26.9 Å². The molecule has 1 fully saturated rings. The normalized spacial score (nSPS) is 16.6. The van der Waals surface area contributed by atoms with Crippen LogP contribution in [0.1, 0.15) is 16.7 Å². The van der Waals surface area contributed by atoms with Crippen LogP contribution in [0.5, 0.6) is 5.75 Å². The SMILES string of the molecule is C=CCOc1ccc(Br)cc1/C=C1\SC(=Nc2cc(C)cc(C)c2)NC1=O. The Kier molecular flexibility index (Phi) is 6.19. The first-order valence-corrected chi connectivity index (χ1v) is 9.96. The van der Waals surface area contributed by atoms with Crippen LogP contribution < -0.4 is 10.1 Å². The summed E-state index contributed by atoms with van der Waals surface area (Å²) in [6.45, 7) is 8.12. The molecule has 2 aromatic rings. The molecule has 3 rings (SSSR count). The van der Waals surface area contributed by atoms with Gasteiger partial charge in [-0.15, -0.1) is 0 Å². The average molecular weight is 443 g/mol. The first kappa shape index (κ1) is 19.5. The van der Waals surface area contributed by atoms with Crippen molar-refractivity contribution in [2.24, 2.45) is 4.99 Å². The molecule has 1 N–H and O–H groups in total. The van der Waals surface area contributed by atoms with Gasteiger partial charge in [-0.05, 0) is 73.1 Å². The number of thioether (sulfide) groups is 1. The topological polar surface area (TPSA) is 50.7 Å². The van der Waals surface area contributed by atoms with Crippen LogP contribution in [-0.2, 0) is 4.79 Å². The van der Waals surface area contributed by atoms with Gasteiger partial charge >= 0.3 is 0 Å². The quantitative estimate of drug-likeness (QED) is 0.489. The van der Waals surface area contributed by atoms with Gasteiger partial charge < -0.3 is 10.1 Å². The van der Waals surface area contributed by atoms with Crippen LogP contribution in [-0.4, -0.2) is 17.7 Å². The molecule has 1 saturated heterocycles. The molecule has 1 aliphatic rings. The molecular weight excluding hydrogens is 424 g/mol. The highest BCUT2D eigenvalue weighted by Gasteiger charge is 2.24. The highest BCUT2D eigenvalue weighted by atomic mass is 79.9. The Morgan fingerprint density at radius 3 is 2.67 bits per heavy atom. The number of carbonyl (C=O) groups excluding carboxylic acids is 1. The first-order valence-electron chi connectivity index (χ1n) is 8.36.